The van der Waals surface area contributed by atoms with Crippen LogP contribution in [0, 0.1) is 0 Å². The Hall–Kier alpha value is -3.28. The predicted molar refractivity (Wildman–Crippen MR) is 97.7 cm³/mol. The lowest BCUT2D eigenvalue weighted by molar-refractivity contribution is 0.102. The highest BCUT2D eigenvalue weighted by molar-refractivity contribution is 6.03. The standard InChI is InChI=1S/C19H20N4O2/c1-2-25-18-6-4-3-5-16(18)22-19(24)17-12-23(13-21-17)11-14-7-9-15(20)10-8-14/h3-10,12-13H,2,11,20H2,1H3,(H,22,24). The number of aromatic nitrogens is 2. The van der Waals surface area contributed by atoms with Crippen LogP contribution in [0.15, 0.2) is 61.1 Å². The highest BCUT2D eigenvalue weighted by atomic mass is 16.5. The van der Waals surface area contributed by atoms with Gasteiger partial charge in [0.25, 0.3) is 5.91 Å². The number of hydrogen-bond acceptors (Lipinski definition) is 4. The maximum atomic E-state index is 12.4. The Morgan fingerprint density at radius 3 is 2.72 bits per heavy atom. The Bertz CT molecular complexity index is 856. The second-order valence-corrected chi connectivity index (χ2v) is 5.56. The molecule has 0 aliphatic rings. The Morgan fingerprint density at radius 2 is 1.96 bits per heavy atom. The number of imidazole rings is 1. The Labute approximate surface area is 146 Å². The van der Waals surface area contributed by atoms with Gasteiger partial charge in [-0.1, -0.05) is 24.3 Å². The van der Waals surface area contributed by atoms with E-state index in [-0.39, 0.29) is 5.91 Å². The molecule has 1 aromatic heterocycles. The van der Waals surface area contributed by atoms with Crippen LogP contribution in [0.25, 0.3) is 0 Å². The minimum atomic E-state index is -0.275. The summed E-state index contributed by atoms with van der Waals surface area (Å²) < 4.78 is 7.37. The van der Waals surface area contributed by atoms with E-state index in [1.807, 2.05) is 54.0 Å². The van der Waals surface area contributed by atoms with Gasteiger partial charge in [0.2, 0.25) is 0 Å². The second-order valence-electron chi connectivity index (χ2n) is 5.56. The maximum Gasteiger partial charge on any atom is 0.275 e. The zero-order valence-electron chi connectivity index (χ0n) is 14.0. The third-order valence-corrected chi connectivity index (χ3v) is 3.65. The number of nitrogen functional groups attached to an aromatic ring is 1. The van der Waals surface area contributed by atoms with Crippen molar-refractivity contribution in [3.63, 3.8) is 0 Å². The van der Waals surface area contributed by atoms with Crippen molar-refractivity contribution in [2.45, 2.75) is 13.5 Å². The molecule has 0 unspecified atom stereocenters. The number of amides is 1. The maximum absolute atomic E-state index is 12.4. The van der Waals surface area contributed by atoms with E-state index >= 15 is 0 Å². The normalized spacial score (nSPS) is 10.4. The summed E-state index contributed by atoms with van der Waals surface area (Å²) in [5, 5.41) is 2.84. The van der Waals surface area contributed by atoms with Crippen molar-refractivity contribution in [1.82, 2.24) is 9.55 Å². The first-order chi connectivity index (χ1) is 12.2. The number of ether oxygens (including phenoxy) is 1. The fourth-order valence-electron chi connectivity index (χ4n) is 2.44. The van der Waals surface area contributed by atoms with Crippen molar-refractivity contribution in [2.24, 2.45) is 0 Å². The molecule has 0 saturated heterocycles. The summed E-state index contributed by atoms with van der Waals surface area (Å²) in [4.78, 5) is 16.6. The van der Waals surface area contributed by atoms with Crippen molar-refractivity contribution < 1.29 is 9.53 Å². The average molecular weight is 336 g/mol. The summed E-state index contributed by atoms with van der Waals surface area (Å²) in [5.41, 5.74) is 8.47. The number of carbonyl (C=O) groups excluding carboxylic acids is 1. The fraction of sp³-hybridized carbons (Fsp3) is 0.158. The predicted octanol–water partition coefficient (Wildman–Crippen LogP) is 3.16. The number of carbonyl (C=O) groups is 1. The van der Waals surface area contributed by atoms with E-state index in [1.165, 1.54) is 0 Å². The largest absolute Gasteiger partial charge is 0.492 e. The molecular formula is C19H20N4O2. The molecule has 1 heterocycles. The number of nitrogens with zero attached hydrogens (tertiary/aromatic N) is 2. The lowest BCUT2D eigenvalue weighted by Gasteiger charge is -2.10. The van der Waals surface area contributed by atoms with E-state index in [4.69, 9.17) is 10.5 Å². The van der Waals surface area contributed by atoms with E-state index in [1.54, 1.807) is 18.6 Å². The van der Waals surface area contributed by atoms with Crippen molar-refractivity contribution in [3.8, 4) is 5.75 Å². The topological polar surface area (TPSA) is 82.2 Å². The third kappa shape index (κ3) is 4.17. The molecule has 6 heteroatoms. The molecular weight excluding hydrogens is 316 g/mol. The lowest BCUT2D eigenvalue weighted by atomic mass is 10.2. The molecule has 0 saturated carbocycles. The van der Waals surface area contributed by atoms with E-state index in [2.05, 4.69) is 10.3 Å². The van der Waals surface area contributed by atoms with Gasteiger partial charge in [0.1, 0.15) is 11.4 Å². The number of nitrogens with one attached hydrogen (secondary N) is 1. The van der Waals surface area contributed by atoms with Crippen LogP contribution in [0.5, 0.6) is 5.75 Å². The molecule has 0 radical (unpaired) electrons. The lowest BCUT2D eigenvalue weighted by Crippen LogP contribution is -2.13. The fourth-order valence-corrected chi connectivity index (χ4v) is 2.44. The van der Waals surface area contributed by atoms with Crippen LogP contribution in [0.4, 0.5) is 11.4 Å². The van der Waals surface area contributed by atoms with Crippen LogP contribution in [-0.2, 0) is 6.54 Å². The summed E-state index contributed by atoms with van der Waals surface area (Å²) in [6.07, 6.45) is 3.36. The van der Waals surface area contributed by atoms with Gasteiger partial charge in [-0.2, -0.15) is 0 Å². The van der Waals surface area contributed by atoms with Gasteiger partial charge < -0.3 is 20.4 Å². The van der Waals surface area contributed by atoms with Gasteiger partial charge in [-0.15, -0.1) is 0 Å². The van der Waals surface area contributed by atoms with Crippen molar-refractivity contribution in [2.75, 3.05) is 17.7 Å². The Morgan fingerprint density at radius 1 is 1.20 bits per heavy atom. The first-order valence-electron chi connectivity index (χ1n) is 8.05. The first kappa shape index (κ1) is 16.6. The van der Waals surface area contributed by atoms with Crippen LogP contribution in [-0.4, -0.2) is 22.1 Å². The van der Waals surface area contributed by atoms with Crippen molar-refractivity contribution in [3.05, 3.63) is 72.3 Å². The highest BCUT2D eigenvalue weighted by Gasteiger charge is 2.12. The summed E-state index contributed by atoms with van der Waals surface area (Å²) in [5.74, 6) is 0.364. The van der Waals surface area contributed by atoms with Crippen LogP contribution in [0.3, 0.4) is 0 Å². The first-order valence-corrected chi connectivity index (χ1v) is 8.05. The van der Waals surface area contributed by atoms with E-state index in [9.17, 15) is 4.79 Å². The molecule has 0 fully saturated rings. The van der Waals surface area contributed by atoms with Gasteiger partial charge in [-0.25, -0.2) is 4.98 Å². The van der Waals surface area contributed by atoms with Gasteiger partial charge in [-0.05, 0) is 36.8 Å². The summed E-state index contributed by atoms with van der Waals surface area (Å²) >= 11 is 0. The smallest absolute Gasteiger partial charge is 0.275 e. The minimum Gasteiger partial charge on any atom is -0.492 e. The monoisotopic (exact) mass is 336 g/mol. The van der Waals surface area contributed by atoms with Crippen molar-refractivity contribution in [1.29, 1.82) is 0 Å². The number of rotatable bonds is 6. The van der Waals surface area contributed by atoms with Crippen LogP contribution >= 0.6 is 0 Å². The number of anilines is 2. The number of para-hydroxylation sites is 2. The molecule has 6 nitrogen and oxygen atoms in total. The van der Waals surface area contributed by atoms with Crippen LogP contribution in [0.1, 0.15) is 23.0 Å². The molecule has 3 N–H and O–H groups in total. The summed E-state index contributed by atoms with van der Waals surface area (Å²) in [6, 6.07) is 14.9. The molecule has 0 spiro atoms. The van der Waals surface area contributed by atoms with Gasteiger partial charge in [0.15, 0.2) is 0 Å². The summed E-state index contributed by atoms with van der Waals surface area (Å²) in [6.45, 7) is 3.05. The quantitative estimate of drug-likeness (QED) is 0.677. The van der Waals surface area contributed by atoms with E-state index in [0.29, 0.717) is 30.3 Å². The van der Waals surface area contributed by atoms with Gasteiger partial charge in [-0.3, -0.25) is 4.79 Å². The van der Waals surface area contributed by atoms with Crippen LogP contribution < -0.4 is 15.8 Å². The Kier molecular flexibility index (Phi) is 4.99. The second kappa shape index (κ2) is 7.53. The number of benzene rings is 2. The molecule has 2 aromatic carbocycles. The molecule has 25 heavy (non-hydrogen) atoms. The molecule has 0 bridgehead atoms. The average Bonchev–Trinajstić information content (AvgIpc) is 3.08. The molecule has 3 aromatic rings. The van der Waals surface area contributed by atoms with Gasteiger partial charge in [0, 0.05) is 18.4 Å². The molecule has 0 aliphatic carbocycles. The SMILES string of the molecule is CCOc1ccccc1NC(=O)c1cn(Cc2ccc(N)cc2)cn1. The van der Waals surface area contributed by atoms with E-state index in [0.717, 1.165) is 11.3 Å². The molecule has 3 rings (SSSR count). The third-order valence-electron chi connectivity index (χ3n) is 3.65. The zero-order chi connectivity index (χ0) is 17.6. The number of nitrogens with two attached hydrogens (primary N) is 1. The molecule has 128 valence electrons. The number of hydrogen-bond donors (Lipinski definition) is 2. The van der Waals surface area contributed by atoms with Gasteiger partial charge >= 0.3 is 0 Å². The van der Waals surface area contributed by atoms with E-state index < -0.39 is 0 Å². The van der Waals surface area contributed by atoms with Gasteiger partial charge in [0.05, 0.1) is 18.6 Å². The van der Waals surface area contributed by atoms with Crippen LogP contribution in [0.2, 0.25) is 0 Å². The molecule has 0 atom stereocenters. The Balaban J connectivity index is 1.69. The highest BCUT2D eigenvalue weighted by Crippen LogP contribution is 2.24. The summed E-state index contributed by atoms with van der Waals surface area (Å²) in [7, 11) is 0. The minimum absolute atomic E-state index is 0.275. The van der Waals surface area contributed by atoms with Crippen molar-refractivity contribution >= 4 is 17.3 Å². The molecule has 0 aliphatic heterocycles. The molecule has 1 amide bonds. The zero-order valence-corrected chi connectivity index (χ0v) is 14.0.